The molecule has 24 heavy (non-hydrogen) atoms. The van der Waals surface area contributed by atoms with Crippen LogP contribution in [0.4, 0.5) is 0 Å². The summed E-state index contributed by atoms with van der Waals surface area (Å²) in [5.74, 6) is 1.55. The molecule has 2 N–H and O–H groups in total. The van der Waals surface area contributed by atoms with E-state index >= 15 is 0 Å². The molecule has 0 aromatic heterocycles. The summed E-state index contributed by atoms with van der Waals surface area (Å²) in [6.07, 6.45) is 0.848. The second-order valence-corrected chi connectivity index (χ2v) is 5.38. The number of ether oxygens (including phenoxy) is 1. The van der Waals surface area contributed by atoms with E-state index < -0.39 is 0 Å². The molecule has 0 saturated heterocycles. The van der Waals surface area contributed by atoms with E-state index in [0.717, 1.165) is 30.8 Å². The van der Waals surface area contributed by atoms with E-state index in [1.807, 2.05) is 38.1 Å². The average molecular weight is 448 g/mol. The van der Waals surface area contributed by atoms with Crippen LogP contribution >= 0.6 is 24.0 Å². The first kappa shape index (κ1) is 22.5. The molecule has 0 saturated carbocycles. The monoisotopic (exact) mass is 448 g/mol. The van der Waals surface area contributed by atoms with Crippen LogP contribution in [0.15, 0.2) is 29.3 Å². The molecular formula is C17H29IN4O2. The lowest BCUT2D eigenvalue weighted by atomic mass is 10.2. The molecule has 1 rings (SSSR count). The molecule has 0 heterocycles. The highest BCUT2D eigenvalue weighted by Crippen LogP contribution is 2.15. The van der Waals surface area contributed by atoms with Gasteiger partial charge in [0, 0.05) is 27.2 Å². The normalized spacial score (nSPS) is 10.6. The molecule has 136 valence electrons. The molecule has 1 amide bonds. The highest BCUT2D eigenvalue weighted by atomic mass is 127. The van der Waals surface area contributed by atoms with E-state index in [9.17, 15) is 4.79 Å². The van der Waals surface area contributed by atoms with Crippen molar-refractivity contribution in [3.8, 4) is 5.75 Å². The fourth-order valence-electron chi connectivity index (χ4n) is 1.81. The lowest BCUT2D eigenvalue weighted by molar-refractivity contribution is -0.127. The van der Waals surface area contributed by atoms with Gasteiger partial charge in [0.15, 0.2) is 5.96 Å². The van der Waals surface area contributed by atoms with E-state index in [2.05, 4.69) is 15.6 Å². The van der Waals surface area contributed by atoms with Gasteiger partial charge >= 0.3 is 0 Å². The maximum atomic E-state index is 11.6. The Kier molecular flexibility index (Phi) is 12.0. The van der Waals surface area contributed by atoms with E-state index in [0.29, 0.717) is 12.6 Å². The minimum atomic E-state index is -0.0231. The molecule has 6 nitrogen and oxygen atoms in total. The highest BCUT2D eigenvalue weighted by Gasteiger charge is 2.04. The zero-order valence-corrected chi connectivity index (χ0v) is 17.3. The summed E-state index contributed by atoms with van der Waals surface area (Å²) in [5.41, 5.74) is 1.14. The van der Waals surface area contributed by atoms with Gasteiger partial charge in [-0.2, -0.15) is 0 Å². The third kappa shape index (κ3) is 8.95. The number of amides is 1. The number of nitrogens with zero attached hydrogens (tertiary/aromatic N) is 2. The predicted octanol–water partition coefficient (Wildman–Crippen LogP) is 2.03. The van der Waals surface area contributed by atoms with Gasteiger partial charge in [-0.25, -0.2) is 4.99 Å². The van der Waals surface area contributed by atoms with Crippen molar-refractivity contribution in [2.75, 3.05) is 40.3 Å². The Hall–Kier alpha value is -1.51. The molecule has 1 aromatic carbocycles. The Bertz CT molecular complexity index is 521. The minimum absolute atomic E-state index is 0. The van der Waals surface area contributed by atoms with Gasteiger partial charge in [0.05, 0.1) is 6.61 Å². The minimum Gasteiger partial charge on any atom is -0.493 e. The van der Waals surface area contributed by atoms with Crippen molar-refractivity contribution in [2.45, 2.75) is 20.3 Å². The molecule has 0 aliphatic carbocycles. The molecule has 0 unspecified atom stereocenters. The van der Waals surface area contributed by atoms with Gasteiger partial charge in [0.25, 0.3) is 0 Å². The summed E-state index contributed by atoms with van der Waals surface area (Å²) >= 11 is 0. The van der Waals surface area contributed by atoms with Gasteiger partial charge < -0.3 is 20.3 Å². The molecule has 0 bridgehead atoms. The summed E-state index contributed by atoms with van der Waals surface area (Å²) in [5, 5.41) is 6.33. The Labute approximate surface area is 162 Å². The van der Waals surface area contributed by atoms with E-state index in [1.165, 1.54) is 4.90 Å². The Morgan fingerprint density at radius 3 is 2.58 bits per heavy atom. The summed E-state index contributed by atoms with van der Waals surface area (Å²) in [7, 11) is 3.45. The van der Waals surface area contributed by atoms with Crippen molar-refractivity contribution in [3.63, 3.8) is 0 Å². The number of para-hydroxylation sites is 1. The first-order valence-corrected chi connectivity index (χ1v) is 7.95. The first-order chi connectivity index (χ1) is 11.0. The molecule has 0 spiro atoms. The fraction of sp³-hybridized carbons (Fsp3) is 0.529. The number of aliphatic imine (C=N–C) groups is 1. The third-order valence-corrected chi connectivity index (χ3v) is 3.18. The van der Waals surface area contributed by atoms with E-state index in [-0.39, 0.29) is 36.4 Å². The Balaban J connectivity index is 0.00000529. The summed E-state index contributed by atoms with van der Waals surface area (Å²) in [4.78, 5) is 17.4. The number of nitrogens with one attached hydrogen (secondary N) is 2. The van der Waals surface area contributed by atoms with Crippen molar-refractivity contribution in [1.82, 2.24) is 15.5 Å². The van der Waals surface area contributed by atoms with Gasteiger partial charge in [-0.3, -0.25) is 4.79 Å². The second-order valence-electron chi connectivity index (χ2n) is 5.38. The Morgan fingerprint density at radius 1 is 1.25 bits per heavy atom. The standard InChI is InChI=1S/C17H28N4O2.HI/c1-5-18-17(20-13-16(22)21(3)4)19-11-8-12-23-15-10-7-6-9-14(15)2;/h6-7,9-10H,5,8,11-13H2,1-4H3,(H2,18,19,20);1H. The van der Waals surface area contributed by atoms with Gasteiger partial charge in [0.2, 0.25) is 5.91 Å². The second kappa shape index (κ2) is 12.9. The molecule has 7 heteroatoms. The smallest absolute Gasteiger partial charge is 0.243 e. The summed E-state index contributed by atoms with van der Waals surface area (Å²) in [6, 6.07) is 7.97. The number of aryl methyl sites for hydroxylation is 1. The summed E-state index contributed by atoms with van der Waals surface area (Å²) in [6.45, 7) is 6.28. The number of hydrogen-bond donors (Lipinski definition) is 2. The van der Waals surface area contributed by atoms with Crippen molar-refractivity contribution < 1.29 is 9.53 Å². The number of hydrogen-bond acceptors (Lipinski definition) is 3. The number of carbonyl (C=O) groups excluding carboxylic acids is 1. The zero-order valence-electron chi connectivity index (χ0n) is 15.0. The number of guanidine groups is 1. The first-order valence-electron chi connectivity index (χ1n) is 7.95. The number of rotatable bonds is 8. The quantitative estimate of drug-likeness (QED) is 0.277. The van der Waals surface area contributed by atoms with Crippen LogP contribution in [0.5, 0.6) is 5.75 Å². The van der Waals surface area contributed by atoms with Crippen molar-refractivity contribution in [3.05, 3.63) is 29.8 Å². The van der Waals surface area contributed by atoms with Crippen LogP contribution in [0.1, 0.15) is 18.9 Å². The molecule has 0 aliphatic heterocycles. The predicted molar refractivity (Wildman–Crippen MR) is 109 cm³/mol. The lowest BCUT2D eigenvalue weighted by Crippen LogP contribution is -2.39. The summed E-state index contributed by atoms with van der Waals surface area (Å²) < 4.78 is 5.75. The third-order valence-electron chi connectivity index (χ3n) is 3.18. The van der Waals surface area contributed by atoms with Gasteiger partial charge in [0.1, 0.15) is 12.3 Å². The van der Waals surface area contributed by atoms with Crippen LogP contribution in [0.25, 0.3) is 0 Å². The van der Waals surface area contributed by atoms with Crippen molar-refractivity contribution >= 4 is 35.8 Å². The van der Waals surface area contributed by atoms with Gasteiger partial charge in [-0.05, 0) is 31.9 Å². The van der Waals surface area contributed by atoms with Crippen LogP contribution in [0.3, 0.4) is 0 Å². The molecule has 0 aliphatic rings. The molecule has 1 aromatic rings. The molecular weight excluding hydrogens is 419 g/mol. The van der Waals surface area contributed by atoms with Crippen LogP contribution in [0, 0.1) is 6.92 Å². The van der Waals surface area contributed by atoms with E-state index in [4.69, 9.17) is 4.74 Å². The topological polar surface area (TPSA) is 66.0 Å². The van der Waals surface area contributed by atoms with Crippen LogP contribution in [-0.2, 0) is 4.79 Å². The van der Waals surface area contributed by atoms with Crippen molar-refractivity contribution in [1.29, 1.82) is 0 Å². The number of carbonyl (C=O) groups is 1. The van der Waals surface area contributed by atoms with Gasteiger partial charge in [-0.1, -0.05) is 18.2 Å². The SMILES string of the molecule is CCNC(=NCC(=O)N(C)C)NCCCOc1ccccc1C.I. The number of halogens is 1. The van der Waals surface area contributed by atoms with E-state index in [1.54, 1.807) is 14.1 Å². The molecule has 0 fully saturated rings. The molecule has 0 atom stereocenters. The number of likely N-dealkylation sites (N-methyl/N-ethyl adjacent to an activating group) is 1. The fourth-order valence-corrected chi connectivity index (χ4v) is 1.81. The zero-order chi connectivity index (χ0) is 17.1. The average Bonchev–Trinajstić information content (AvgIpc) is 2.53. The molecule has 0 radical (unpaired) electrons. The maximum Gasteiger partial charge on any atom is 0.243 e. The van der Waals surface area contributed by atoms with Crippen molar-refractivity contribution in [2.24, 2.45) is 4.99 Å². The highest BCUT2D eigenvalue weighted by molar-refractivity contribution is 14.0. The Morgan fingerprint density at radius 2 is 1.96 bits per heavy atom. The largest absolute Gasteiger partial charge is 0.493 e. The lowest BCUT2D eigenvalue weighted by Gasteiger charge is -2.13. The maximum absolute atomic E-state index is 11.6. The van der Waals surface area contributed by atoms with Gasteiger partial charge in [-0.15, -0.1) is 24.0 Å². The number of benzene rings is 1. The van der Waals surface area contributed by atoms with Crippen LogP contribution in [-0.4, -0.2) is 57.1 Å². The van der Waals surface area contributed by atoms with Crippen LogP contribution in [0.2, 0.25) is 0 Å². The van der Waals surface area contributed by atoms with Crippen LogP contribution < -0.4 is 15.4 Å².